The number of amides is 1. The van der Waals surface area contributed by atoms with Gasteiger partial charge in [0.15, 0.2) is 0 Å². The molecule has 3 rings (SSSR count). The van der Waals surface area contributed by atoms with Crippen molar-refractivity contribution < 1.29 is 9.53 Å². The summed E-state index contributed by atoms with van der Waals surface area (Å²) in [4.78, 5) is 16.9. The molecule has 0 bridgehead atoms. The Labute approximate surface area is 174 Å². The zero-order chi connectivity index (χ0) is 20.6. The summed E-state index contributed by atoms with van der Waals surface area (Å²) in [6.45, 7) is 9.32. The number of nitrogens with one attached hydrogen (secondary N) is 1. The minimum absolute atomic E-state index is 0.250. The molecule has 0 spiro atoms. The molecule has 0 atom stereocenters. The Morgan fingerprint density at radius 3 is 2.55 bits per heavy atom. The maximum Gasteiger partial charge on any atom is 0.223 e. The topological polar surface area (TPSA) is 44.8 Å². The average Bonchev–Trinajstić information content (AvgIpc) is 2.75. The Kier molecular flexibility index (Phi) is 7.53. The van der Waals surface area contributed by atoms with Gasteiger partial charge in [-0.15, -0.1) is 0 Å². The predicted octanol–water partition coefficient (Wildman–Crippen LogP) is 3.18. The summed E-state index contributed by atoms with van der Waals surface area (Å²) < 4.78 is 5.25. The van der Waals surface area contributed by atoms with Crippen LogP contribution in [-0.4, -0.2) is 57.2 Å². The number of hydrogen-bond acceptors (Lipinski definition) is 4. The highest BCUT2D eigenvalue weighted by molar-refractivity contribution is 5.76. The first-order chi connectivity index (χ1) is 14.1. The lowest BCUT2D eigenvalue weighted by atomic mass is 10.1. The zero-order valence-corrected chi connectivity index (χ0v) is 17.9. The fraction of sp³-hybridized carbons (Fsp3) is 0.458. The maximum atomic E-state index is 12.5. The molecule has 5 heteroatoms. The van der Waals surface area contributed by atoms with Crippen LogP contribution in [0.5, 0.6) is 5.75 Å². The fourth-order valence-corrected chi connectivity index (χ4v) is 3.81. The third-order valence-corrected chi connectivity index (χ3v) is 5.79. The van der Waals surface area contributed by atoms with Crippen molar-refractivity contribution >= 4 is 11.6 Å². The summed E-state index contributed by atoms with van der Waals surface area (Å²) in [6, 6.07) is 14.6. The zero-order valence-electron chi connectivity index (χ0n) is 17.9. The van der Waals surface area contributed by atoms with E-state index < -0.39 is 0 Å². The number of anilines is 1. The quantitative estimate of drug-likeness (QED) is 0.698. The van der Waals surface area contributed by atoms with Gasteiger partial charge < -0.3 is 19.9 Å². The lowest BCUT2D eigenvalue weighted by Crippen LogP contribution is -2.49. The molecule has 1 heterocycles. The van der Waals surface area contributed by atoms with Crippen molar-refractivity contribution in [2.45, 2.75) is 26.7 Å². The molecule has 2 aromatic rings. The highest BCUT2D eigenvalue weighted by atomic mass is 16.5. The number of benzene rings is 2. The van der Waals surface area contributed by atoms with E-state index in [0.717, 1.165) is 51.4 Å². The van der Waals surface area contributed by atoms with Crippen molar-refractivity contribution in [2.24, 2.45) is 0 Å². The molecule has 0 saturated carbocycles. The average molecular weight is 396 g/mol. The Morgan fingerprint density at radius 1 is 1.03 bits per heavy atom. The first-order valence-electron chi connectivity index (χ1n) is 10.5. The van der Waals surface area contributed by atoms with E-state index in [0.29, 0.717) is 6.42 Å². The second-order valence-electron chi connectivity index (χ2n) is 7.69. The van der Waals surface area contributed by atoms with Gasteiger partial charge in [0.2, 0.25) is 5.91 Å². The molecule has 1 fully saturated rings. The Hall–Kier alpha value is -2.53. The molecule has 1 N–H and O–H groups in total. The van der Waals surface area contributed by atoms with E-state index in [4.69, 9.17) is 4.74 Å². The van der Waals surface area contributed by atoms with Crippen LogP contribution in [0.4, 0.5) is 5.69 Å². The molecule has 5 nitrogen and oxygen atoms in total. The van der Waals surface area contributed by atoms with Crippen LogP contribution < -0.4 is 15.0 Å². The molecule has 156 valence electrons. The van der Waals surface area contributed by atoms with Crippen LogP contribution in [0, 0.1) is 13.8 Å². The van der Waals surface area contributed by atoms with E-state index in [-0.39, 0.29) is 5.91 Å². The van der Waals surface area contributed by atoms with E-state index in [1.165, 1.54) is 22.4 Å². The molecule has 1 aliphatic rings. The number of piperazine rings is 1. The summed E-state index contributed by atoms with van der Waals surface area (Å²) in [7, 11) is 1.69. The number of carbonyl (C=O) groups excluding carboxylic acids is 1. The Bertz CT molecular complexity index is 814. The maximum absolute atomic E-state index is 12.5. The SMILES string of the molecule is COc1cccc(CCNCCC(=O)N2CCN(c3cccc(C)c3C)CC2)c1. The van der Waals surface area contributed by atoms with Crippen LogP contribution in [0.3, 0.4) is 0 Å². The first kappa shape index (κ1) is 21.2. The van der Waals surface area contributed by atoms with Crippen LogP contribution in [0.2, 0.25) is 0 Å². The van der Waals surface area contributed by atoms with E-state index in [2.05, 4.69) is 54.4 Å². The van der Waals surface area contributed by atoms with Crippen molar-refractivity contribution in [1.82, 2.24) is 10.2 Å². The van der Waals surface area contributed by atoms with Gasteiger partial charge >= 0.3 is 0 Å². The van der Waals surface area contributed by atoms with Crippen LogP contribution in [0.25, 0.3) is 0 Å². The van der Waals surface area contributed by atoms with Gasteiger partial charge in [0, 0.05) is 44.8 Å². The summed E-state index contributed by atoms with van der Waals surface area (Å²) in [5, 5.41) is 3.39. The molecule has 0 radical (unpaired) electrons. The van der Waals surface area contributed by atoms with Crippen molar-refractivity contribution in [3.8, 4) is 5.75 Å². The van der Waals surface area contributed by atoms with E-state index in [9.17, 15) is 4.79 Å². The standard InChI is InChI=1S/C24H33N3O2/c1-19-6-4-9-23(20(19)2)26-14-16-27(17-15-26)24(28)11-13-25-12-10-21-7-5-8-22(18-21)29-3/h4-9,18,25H,10-17H2,1-3H3. The van der Waals surface area contributed by atoms with Crippen LogP contribution in [-0.2, 0) is 11.2 Å². The van der Waals surface area contributed by atoms with Gasteiger partial charge in [-0.25, -0.2) is 0 Å². The monoisotopic (exact) mass is 395 g/mol. The van der Waals surface area contributed by atoms with Crippen molar-refractivity contribution in [2.75, 3.05) is 51.3 Å². The predicted molar refractivity (Wildman–Crippen MR) is 119 cm³/mol. The van der Waals surface area contributed by atoms with Gasteiger partial charge in [-0.1, -0.05) is 24.3 Å². The highest BCUT2D eigenvalue weighted by Gasteiger charge is 2.21. The number of nitrogens with zero attached hydrogens (tertiary/aromatic N) is 2. The minimum atomic E-state index is 0.250. The van der Waals surface area contributed by atoms with Crippen LogP contribution in [0.1, 0.15) is 23.1 Å². The third-order valence-electron chi connectivity index (χ3n) is 5.79. The second kappa shape index (κ2) is 10.3. The normalized spacial score (nSPS) is 14.2. The van der Waals surface area contributed by atoms with E-state index in [1.54, 1.807) is 7.11 Å². The summed E-state index contributed by atoms with van der Waals surface area (Å²) in [5.41, 5.74) is 5.20. The number of ether oxygens (including phenoxy) is 1. The number of carbonyl (C=O) groups is 1. The van der Waals surface area contributed by atoms with Gasteiger partial charge in [0.1, 0.15) is 5.75 Å². The smallest absolute Gasteiger partial charge is 0.223 e. The number of methoxy groups -OCH3 is 1. The van der Waals surface area contributed by atoms with Gasteiger partial charge in [-0.3, -0.25) is 4.79 Å². The highest BCUT2D eigenvalue weighted by Crippen LogP contribution is 2.24. The fourth-order valence-electron chi connectivity index (χ4n) is 3.81. The van der Waals surface area contributed by atoms with Gasteiger partial charge in [0.05, 0.1) is 7.11 Å². The van der Waals surface area contributed by atoms with Crippen molar-refractivity contribution in [3.63, 3.8) is 0 Å². The molecular weight excluding hydrogens is 362 g/mol. The molecule has 1 aliphatic heterocycles. The van der Waals surface area contributed by atoms with Gasteiger partial charge in [-0.05, 0) is 61.7 Å². The second-order valence-corrected chi connectivity index (χ2v) is 7.69. The lowest BCUT2D eigenvalue weighted by Gasteiger charge is -2.37. The van der Waals surface area contributed by atoms with Crippen LogP contribution in [0.15, 0.2) is 42.5 Å². The summed E-state index contributed by atoms with van der Waals surface area (Å²) in [5.74, 6) is 1.14. The van der Waals surface area contributed by atoms with Crippen molar-refractivity contribution in [3.05, 3.63) is 59.2 Å². The van der Waals surface area contributed by atoms with Crippen molar-refractivity contribution in [1.29, 1.82) is 0 Å². The molecule has 29 heavy (non-hydrogen) atoms. The summed E-state index contributed by atoms with van der Waals surface area (Å²) >= 11 is 0. The third kappa shape index (κ3) is 5.73. The van der Waals surface area contributed by atoms with E-state index in [1.807, 2.05) is 17.0 Å². The van der Waals surface area contributed by atoms with Gasteiger partial charge in [-0.2, -0.15) is 0 Å². The number of hydrogen-bond donors (Lipinski definition) is 1. The molecule has 1 saturated heterocycles. The largest absolute Gasteiger partial charge is 0.497 e. The molecule has 0 aliphatic carbocycles. The minimum Gasteiger partial charge on any atom is -0.497 e. The first-order valence-corrected chi connectivity index (χ1v) is 10.5. The van der Waals surface area contributed by atoms with E-state index >= 15 is 0 Å². The molecule has 0 unspecified atom stereocenters. The van der Waals surface area contributed by atoms with Gasteiger partial charge in [0.25, 0.3) is 0 Å². The molecular formula is C24H33N3O2. The molecule has 0 aromatic heterocycles. The van der Waals surface area contributed by atoms with Crippen LogP contribution >= 0.6 is 0 Å². The molecule has 2 aromatic carbocycles. The number of aryl methyl sites for hydroxylation is 1. The lowest BCUT2D eigenvalue weighted by molar-refractivity contribution is -0.131. The summed E-state index contributed by atoms with van der Waals surface area (Å²) in [6.07, 6.45) is 1.49. The Balaban J connectivity index is 1.36. The number of rotatable bonds is 8. The Morgan fingerprint density at radius 2 is 1.79 bits per heavy atom. The molecule has 1 amide bonds.